The highest BCUT2D eigenvalue weighted by molar-refractivity contribution is 7.98. The molecule has 0 atom stereocenters. The van der Waals surface area contributed by atoms with E-state index in [0.29, 0.717) is 0 Å². The predicted molar refractivity (Wildman–Crippen MR) is 82.5 cm³/mol. The maximum atomic E-state index is 5.40. The monoisotopic (exact) mass is 305 g/mol. The zero-order chi connectivity index (χ0) is 14.5. The van der Waals surface area contributed by atoms with E-state index in [9.17, 15) is 0 Å². The molecule has 2 aromatic heterocycles. The molecule has 1 saturated heterocycles. The maximum absolute atomic E-state index is 5.40. The van der Waals surface area contributed by atoms with E-state index in [2.05, 4.69) is 37.6 Å². The summed E-state index contributed by atoms with van der Waals surface area (Å²) in [5.41, 5.74) is 1.20. The number of pyridine rings is 1. The van der Waals surface area contributed by atoms with E-state index in [1.807, 2.05) is 12.3 Å². The second-order valence-corrected chi connectivity index (χ2v) is 5.72. The summed E-state index contributed by atoms with van der Waals surface area (Å²) in [7, 11) is 0. The Hall–Kier alpha value is -1.60. The van der Waals surface area contributed by atoms with Crippen molar-refractivity contribution in [2.75, 3.05) is 31.2 Å². The highest BCUT2D eigenvalue weighted by Gasteiger charge is 2.19. The van der Waals surface area contributed by atoms with Crippen LogP contribution < -0.4 is 4.90 Å². The summed E-state index contributed by atoms with van der Waals surface area (Å²) in [5.74, 6) is 1.81. The van der Waals surface area contributed by atoms with Crippen molar-refractivity contribution < 1.29 is 4.74 Å². The molecule has 3 heterocycles. The molecule has 1 fully saturated rings. The van der Waals surface area contributed by atoms with E-state index < -0.39 is 0 Å². The minimum atomic E-state index is 0.759. The van der Waals surface area contributed by atoms with Gasteiger partial charge in [-0.1, -0.05) is 17.8 Å². The van der Waals surface area contributed by atoms with Gasteiger partial charge < -0.3 is 9.64 Å². The molecule has 0 N–H and O–H groups in total. The number of rotatable bonds is 5. The smallest absolute Gasteiger partial charge is 0.228 e. The van der Waals surface area contributed by atoms with Crippen molar-refractivity contribution in [1.82, 2.24) is 19.7 Å². The number of hydrogen-bond donors (Lipinski definition) is 0. The first-order valence-electron chi connectivity index (χ1n) is 7.16. The second-order valence-electron chi connectivity index (χ2n) is 4.78. The third kappa shape index (κ3) is 3.36. The van der Waals surface area contributed by atoms with Crippen molar-refractivity contribution in [3.63, 3.8) is 0 Å². The molecule has 0 amide bonds. The number of anilines is 1. The van der Waals surface area contributed by atoms with Gasteiger partial charge in [0, 0.05) is 37.8 Å². The van der Waals surface area contributed by atoms with E-state index in [-0.39, 0.29) is 0 Å². The van der Waals surface area contributed by atoms with Gasteiger partial charge in [-0.25, -0.2) is 0 Å². The van der Waals surface area contributed by atoms with E-state index in [4.69, 9.17) is 4.74 Å². The highest BCUT2D eigenvalue weighted by atomic mass is 32.2. The van der Waals surface area contributed by atoms with Gasteiger partial charge in [-0.15, -0.1) is 10.2 Å². The van der Waals surface area contributed by atoms with E-state index >= 15 is 0 Å². The minimum absolute atomic E-state index is 0.759. The van der Waals surface area contributed by atoms with Crippen LogP contribution in [0.25, 0.3) is 0 Å². The summed E-state index contributed by atoms with van der Waals surface area (Å²) in [6.07, 6.45) is 3.68. The van der Waals surface area contributed by atoms with Crippen molar-refractivity contribution in [1.29, 1.82) is 0 Å². The van der Waals surface area contributed by atoms with Gasteiger partial charge in [0.15, 0.2) is 5.16 Å². The molecule has 0 aromatic carbocycles. The lowest BCUT2D eigenvalue weighted by atomic mass is 10.3. The average molecular weight is 305 g/mol. The van der Waals surface area contributed by atoms with Gasteiger partial charge in [-0.2, -0.15) is 0 Å². The lowest BCUT2D eigenvalue weighted by Gasteiger charge is -2.27. The molecule has 0 aliphatic carbocycles. The minimum Gasteiger partial charge on any atom is -0.378 e. The van der Waals surface area contributed by atoms with Crippen LogP contribution in [-0.2, 0) is 17.0 Å². The molecule has 3 rings (SSSR count). The van der Waals surface area contributed by atoms with E-state index in [1.54, 1.807) is 18.0 Å². The highest BCUT2D eigenvalue weighted by Crippen LogP contribution is 2.25. The largest absolute Gasteiger partial charge is 0.378 e. The molecule has 0 unspecified atom stereocenters. The fraction of sp³-hybridized carbons (Fsp3) is 0.500. The Balaban J connectivity index is 1.72. The Kier molecular flexibility index (Phi) is 4.72. The quantitative estimate of drug-likeness (QED) is 0.786. The Bertz CT molecular complexity index is 568. The summed E-state index contributed by atoms with van der Waals surface area (Å²) >= 11 is 1.70. The Morgan fingerprint density at radius 1 is 1.29 bits per heavy atom. The summed E-state index contributed by atoms with van der Waals surface area (Å²) in [5, 5.41) is 9.68. The fourth-order valence-corrected chi connectivity index (χ4v) is 3.22. The van der Waals surface area contributed by atoms with Crippen molar-refractivity contribution in [3.8, 4) is 0 Å². The van der Waals surface area contributed by atoms with Crippen LogP contribution >= 0.6 is 11.8 Å². The molecule has 0 spiro atoms. The molecular weight excluding hydrogens is 286 g/mol. The summed E-state index contributed by atoms with van der Waals surface area (Å²) in [4.78, 5) is 6.38. The number of hydrogen-bond acceptors (Lipinski definition) is 6. The van der Waals surface area contributed by atoms with Gasteiger partial charge in [-0.3, -0.25) is 9.55 Å². The van der Waals surface area contributed by atoms with Gasteiger partial charge in [0.05, 0.1) is 13.2 Å². The number of nitrogens with zero attached hydrogens (tertiary/aromatic N) is 5. The molecule has 1 aliphatic heterocycles. The topological polar surface area (TPSA) is 56.1 Å². The van der Waals surface area contributed by atoms with Gasteiger partial charge in [0.25, 0.3) is 0 Å². The molecule has 112 valence electrons. The fourth-order valence-electron chi connectivity index (χ4n) is 2.29. The summed E-state index contributed by atoms with van der Waals surface area (Å²) in [6, 6.07) is 4.04. The molecule has 0 bridgehead atoms. The normalized spacial score (nSPS) is 15.4. The molecule has 0 radical (unpaired) electrons. The molecular formula is C14H19N5OS. The van der Waals surface area contributed by atoms with Gasteiger partial charge in [0.1, 0.15) is 0 Å². The van der Waals surface area contributed by atoms with Crippen LogP contribution in [0.4, 0.5) is 5.95 Å². The van der Waals surface area contributed by atoms with Crippen LogP contribution in [0.2, 0.25) is 0 Å². The van der Waals surface area contributed by atoms with Crippen LogP contribution in [0.15, 0.2) is 29.7 Å². The average Bonchev–Trinajstić information content (AvgIpc) is 2.97. The second kappa shape index (κ2) is 6.91. The van der Waals surface area contributed by atoms with Crippen LogP contribution in [0.5, 0.6) is 0 Å². The molecule has 2 aromatic rings. The standard InChI is InChI=1S/C14H19N5OS/c1-2-19-13(18-6-8-20-9-7-18)16-17-14(19)21-11-12-4-3-5-15-10-12/h3-5,10H,2,6-9,11H2,1H3. The molecule has 7 heteroatoms. The Labute approximate surface area is 128 Å². The van der Waals surface area contributed by atoms with Crippen LogP contribution in [0, 0.1) is 0 Å². The first-order valence-corrected chi connectivity index (χ1v) is 8.14. The zero-order valence-electron chi connectivity index (χ0n) is 12.1. The van der Waals surface area contributed by atoms with Crippen molar-refractivity contribution in [2.45, 2.75) is 24.4 Å². The molecule has 1 aliphatic rings. The molecule has 21 heavy (non-hydrogen) atoms. The van der Waals surface area contributed by atoms with E-state index in [0.717, 1.165) is 49.7 Å². The van der Waals surface area contributed by atoms with Crippen molar-refractivity contribution in [3.05, 3.63) is 30.1 Å². The lowest BCUT2D eigenvalue weighted by Crippen LogP contribution is -2.38. The number of ether oxygens (including phenoxy) is 1. The summed E-state index contributed by atoms with van der Waals surface area (Å²) in [6.45, 7) is 6.27. The molecule has 0 saturated carbocycles. The van der Waals surface area contributed by atoms with Crippen molar-refractivity contribution >= 4 is 17.7 Å². The van der Waals surface area contributed by atoms with Gasteiger partial charge in [0.2, 0.25) is 5.95 Å². The number of thioether (sulfide) groups is 1. The third-order valence-corrected chi connectivity index (χ3v) is 4.44. The molecule has 6 nitrogen and oxygen atoms in total. The van der Waals surface area contributed by atoms with Crippen LogP contribution in [-0.4, -0.2) is 46.1 Å². The first kappa shape index (κ1) is 14.3. The number of morpholine rings is 1. The van der Waals surface area contributed by atoms with Crippen LogP contribution in [0.1, 0.15) is 12.5 Å². The summed E-state index contributed by atoms with van der Waals surface area (Å²) < 4.78 is 7.57. The first-order chi connectivity index (χ1) is 10.4. The SMILES string of the molecule is CCn1c(SCc2cccnc2)nnc1N1CCOCC1. The predicted octanol–water partition coefficient (Wildman–Crippen LogP) is 1.82. The number of aromatic nitrogens is 4. The Morgan fingerprint density at radius 3 is 2.86 bits per heavy atom. The lowest BCUT2D eigenvalue weighted by molar-refractivity contribution is 0.121. The van der Waals surface area contributed by atoms with Gasteiger partial charge >= 0.3 is 0 Å². The van der Waals surface area contributed by atoms with Crippen LogP contribution in [0.3, 0.4) is 0 Å². The maximum Gasteiger partial charge on any atom is 0.228 e. The van der Waals surface area contributed by atoms with E-state index in [1.165, 1.54) is 5.56 Å². The van der Waals surface area contributed by atoms with Crippen molar-refractivity contribution in [2.24, 2.45) is 0 Å². The third-order valence-electron chi connectivity index (χ3n) is 3.40. The Morgan fingerprint density at radius 2 is 2.14 bits per heavy atom. The van der Waals surface area contributed by atoms with Gasteiger partial charge in [-0.05, 0) is 18.6 Å². The zero-order valence-corrected chi connectivity index (χ0v) is 12.9.